The van der Waals surface area contributed by atoms with Crippen LogP contribution in [0.2, 0.25) is 0 Å². The van der Waals surface area contributed by atoms with Crippen LogP contribution in [0.5, 0.6) is 0 Å². The van der Waals surface area contributed by atoms with E-state index in [4.69, 9.17) is 10.2 Å². The summed E-state index contributed by atoms with van der Waals surface area (Å²) >= 11 is 0. The first-order chi connectivity index (χ1) is 3.13. The zero-order valence-electron chi connectivity index (χ0n) is 4.02. The van der Waals surface area contributed by atoms with Crippen molar-refractivity contribution in [2.75, 3.05) is 0 Å². The Kier molecular flexibility index (Phi) is 15.2. The monoisotopic (exact) mass is 498 g/mol. The summed E-state index contributed by atoms with van der Waals surface area (Å²) < 4.78 is 0. The van der Waals surface area contributed by atoms with Crippen molar-refractivity contribution in [2.45, 2.75) is 6.42 Å². The zero-order chi connectivity index (χ0) is 5.86. The number of carboxylic acids is 2. The minimum Gasteiger partial charge on any atom is -0.481 e. The Morgan fingerprint density at radius 2 is 1.22 bits per heavy atom. The van der Waals surface area contributed by atoms with Crippen molar-refractivity contribution >= 4 is 11.9 Å². The second-order valence-electron chi connectivity index (χ2n) is 0.964. The van der Waals surface area contributed by atoms with E-state index in [9.17, 15) is 9.59 Å². The van der Waals surface area contributed by atoms with Gasteiger partial charge in [-0.3, -0.25) is 9.59 Å². The summed E-state index contributed by atoms with van der Waals surface area (Å²) in [7, 11) is 0. The van der Waals surface area contributed by atoms with Crippen molar-refractivity contribution in [3.8, 4) is 0 Å². The SMILES string of the molecule is O=C(O)CC(=O)O.[Au].[Au]. The van der Waals surface area contributed by atoms with Gasteiger partial charge in [0, 0.05) is 44.8 Å². The van der Waals surface area contributed by atoms with Crippen molar-refractivity contribution < 1.29 is 64.6 Å². The van der Waals surface area contributed by atoms with Crippen molar-refractivity contribution in [3.05, 3.63) is 0 Å². The molecule has 2 radical (unpaired) electrons. The van der Waals surface area contributed by atoms with Gasteiger partial charge in [0.05, 0.1) is 0 Å². The maximum atomic E-state index is 9.43. The smallest absolute Gasteiger partial charge is 0.314 e. The van der Waals surface area contributed by atoms with Crippen molar-refractivity contribution in [3.63, 3.8) is 0 Å². The van der Waals surface area contributed by atoms with Crippen LogP contribution in [0.1, 0.15) is 6.42 Å². The van der Waals surface area contributed by atoms with Gasteiger partial charge in [0.1, 0.15) is 6.42 Å². The molecule has 4 nitrogen and oxygen atoms in total. The van der Waals surface area contributed by atoms with Gasteiger partial charge in [0.25, 0.3) is 0 Å². The number of carbonyl (C=O) groups is 2. The van der Waals surface area contributed by atoms with Gasteiger partial charge in [-0.15, -0.1) is 0 Å². The third-order valence-electron chi connectivity index (χ3n) is 0.302. The normalized spacial score (nSPS) is 6.22. The molecular formula is C3H4Au2O4. The van der Waals surface area contributed by atoms with Crippen LogP contribution >= 0.6 is 0 Å². The Balaban J connectivity index is -0.000000180. The van der Waals surface area contributed by atoms with Gasteiger partial charge in [-0.2, -0.15) is 0 Å². The van der Waals surface area contributed by atoms with Crippen LogP contribution in [0.4, 0.5) is 0 Å². The average molecular weight is 498 g/mol. The molecule has 0 spiro atoms. The molecule has 6 heteroatoms. The number of hydrogen-bond acceptors (Lipinski definition) is 2. The predicted octanol–water partition coefficient (Wildman–Crippen LogP) is -0.459. The molecule has 0 rings (SSSR count). The molecule has 0 heterocycles. The van der Waals surface area contributed by atoms with Crippen molar-refractivity contribution in [2.24, 2.45) is 0 Å². The van der Waals surface area contributed by atoms with E-state index in [-0.39, 0.29) is 44.8 Å². The number of hydrogen-bond donors (Lipinski definition) is 2. The summed E-state index contributed by atoms with van der Waals surface area (Å²) in [4.78, 5) is 18.9. The minimum absolute atomic E-state index is 0. The van der Waals surface area contributed by atoms with Crippen LogP contribution in [0.25, 0.3) is 0 Å². The van der Waals surface area contributed by atoms with E-state index in [1.807, 2.05) is 0 Å². The maximum Gasteiger partial charge on any atom is 0.314 e. The Labute approximate surface area is 82.6 Å². The van der Waals surface area contributed by atoms with Gasteiger partial charge in [-0.05, 0) is 0 Å². The molecular weight excluding hydrogens is 494 g/mol. The molecule has 0 aromatic carbocycles. The van der Waals surface area contributed by atoms with Crippen LogP contribution in [-0.4, -0.2) is 22.2 Å². The molecule has 0 aromatic heterocycles. The Hall–Kier alpha value is 0.421. The van der Waals surface area contributed by atoms with Crippen LogP contribution in [0, 0.1) is 0 Å². The Morgan fingerprint density at radius 1 is 1.00 bits per heavy atom. The topological polar surface area (TPSA) is 74.6 Å². The third kappa shape index (κ3) is 17.8. The first-order valence-electron chi connectivity index (χ1n) is 1.56. The fourth-order valence-electron chi connectivity index (χ4n) is 0.129. The molecule has 0 fully saturated rings. The molecule has 0 atom stereocenters. The molecule has 0 aliphatic carbocycles. The van der Waals surface area contributed by atoms with Gasteiger partial charge in [-0.1, -0.05) is 0 Å². The molecule has 2 N–H and O–H groups in total. The molecule has 0 unspecified atom stereocenters. The fourth-order valence-corrected chi connectivity index (χ4v) is 0.129. The summed E-state index contributed by atoms with van der Waals surface area (Å²) in [5.41, 5.74) is 0. The zero-order valence-corrected chi connectivity index (χ0v) is 8.35. The van der Waals surface area contributed by atoms with E-state index >= 15 is 0 Å². The minimum atomic E-state index is -1.31. The van der Waals surface area contributed by atoms with Gasteiger partial charge in [0.15, 0.2) is 0 Å². The molecule has 0 aliphatic heterocycles. The quantitative estimate of drug-likeness (QED) is 0.400. The summed E-state index contributed by atoms with van der Waals surface area (Å²) in [6.45, 7) is 0. The fraction of sp³-hybridized carbons (Fsp3) is 0.333. The van der Waals surface area contributed by atoms with E-state index in [1.165, 1.54) is 0 Å². The molecule has 0 saturated heterocycles. The van der Waals surface area contributed by atoms with E-state index in [0.717, 1.165) is 0 Å². The second-order valence-corrected chi connectivity index (χ2v) is 0.964. The van der Waals surface area contributed by atoms with Crippen molar-refractivity contribution in [1.29, 1.82) is 0 Å². The van der Waals surface area contributed by atoms with E-state index in [1.54, 1.807) is 0 Å². The largest absolute Gasteiger partial charge is 0.481 e. The molecule has 62 valence electrons. The van der Waals surface area contributed by atoms with Gasteiger partial charge in [0.2, 0.25) is 0 Å². The van der Waals surface area contributed by atoms with Gasteiger partial charge >= 0.3 is 11.9 Å². The molecule has 0 aromatic rings. The van der Waals surface area contributed by atoms with E-state index < -0.39 is 18.4 Å². The van der Waals surface area contributed by atoms with Crippen LogP contribution in [0.15, 0.2) is 0 Å². The average Bonchev–Trinajstić information content (AvgIpc) is 1.27. The molecule has 0 amide bonds. The van der Waals surface area contributed by atoms with Crippen molar-refractivity contribution in [1.82, 2.24) is 0 Å². The summed E-state index contributed by atoms with van der Waals surface area (Å²) in [6.07, 6.45) is -0.806. The number of aliphatic carboxylic acids is 2. The molecule has 0 bridgehead atoms. The van der Waals surface area contributed by atoms with E-state index in [2.05, 4.69) is 0 Å². The van der Waals surface area contributed by atoms with Crippen LogP contribution in [0.3, 0.4) is 0 Å². The van der Waals surface area contributed by atoms with Gasteiger partial charge in [-0.25, -0.2) is 0 Å². The standard InChI is InChI=1S/C3H4O4.2Au/c4-2(5)1-3(6)7;;/h1H2,(H,4,5)(H,6,7);;. The number of carboxylic acid groups (broad SMARTS) is 2. The summed E-state index contributed by atoms with van der Waals surface area (Å²) in [5.74, 6) is -2.62. The van der Waals surface area contributed by atoms with Gasteiger partial charge < -0.3 is 10.2 Å². The third-order valence-corrected chi connectivity index (χ3v) is 0.302. The predicted molar refractivity (Wildman–Crippen MR) is 19.9 cm³/mol. The first kappa shape index (κ1) is 16.2. The van der Waals surface area contributed by atoms with Crippen LogP contribution in [-0.2, 0) is 54.3 Å². The Morgan fingerprint density at radius 3 is 1.22 bits per heavy atom. The summed E-state index contributed by atoms with van der Waals surface area (Å²) in [5, 5.41) is 15.4. The molecule has 9 heavy (non-hydrogen) atoms. The molecule has 0 aliphatic rings. The first-order valence-corrected chi connectivity index (χ1v) is 1.56. The molecule has 0 saturated carbocycles. The number of rotatable bonds is 2. The van der Waals surface area contributed by atoms with Crippen LogP contribution < -0.4 is 0 Å². The van der Waals surface area contributed by atoms with E-state index in [0.29, 0.717) is 0 Å². The maximum absolute atomic E-state index is 9.43. The Bertz CT molecular complexity index is 90.0. The second kappa shape index (κ2) is 8.42. The summed E-state index contributed by atoms with van der Waals surface area (Å²) in [6, 6.07) is 0.